The van der Waals surface area contributed by atoms with E-state index < -0.39 is 11.7 Å². The van der Waals surface area contributed by atoms with Crippen LogP contribution in [0.5, 0.6) is 0 Å². The van der Waals surface area contributed by atoms with Crippen molar-refractivity contribution in [3.63, 3.8) is 0 Å². The summed E-state index contributed by atoms with van der Waals surface area (Å²) in [5.41, 5.74) is 0.472. The van der Waals surface area contributed by atoms with E-state index in [0.717, 1.165) is 5.56 Å². The number of rotatable bonds is 6. The van der Waals surface area contributed by atoms with Crippen LogP contribution in [0.15, 0.2) is 30.3 Å². The lowest BCUT2D eigenvalue weighted by Gasteiger charge is -2.34. The van der Waals surface area contributed by atoms with E-state index in [-0.39, 0.29) is 18.0 Å². The van der Waals surface area contributed by atoms with E-state index in [1.54, 1.807) is 0 Å². The van der Waals surface area contributed by atoms with Gasteiger partial charge in [-0.1, -0.05) is 44.2 Å². The molecular formula is C18H30N2O3. The van der Waals surface area contributed by atoms with Gasteiger partial charge in [-0.25, -0.2) is 4.79 Å². The number of hydrogen-bond acceptors (Lipinski definition) is 4. The first-order valence-electron chi connectivity index (χ1n) is 8.09. The zero-order valence-electron chi connectivity index (χ0n) is 15.0. The molecule has 0 spiro atoms. The van der Waals surface area contributed by atoms with Crippen LogP contribution >= 0.6 is 0 Å². The first-order chi connectivity index (χ1) is 10.6. The Morgan fingerprint density at radius 1 is 1.22 bits per heavy atom. The van der Waals surface area contributed by atoms with E-state index in [1.165, 1.54) is 5.06 Å². The van der Waals surface area contributed by atoms with Crippen molar-refractivity contribution in [3.8, 4) is 0 Å². The molecule has 0 aliphatic rings. The Balaban J connectivity index is 2.70. The molecule has 0 bridgehead atoms. The molecule has 2 N–H and O–H groups in total. The highest BCUT2D eigenvalue weighted by molar-refractivity contribution is 5.68. The topological polar surface area (TPSA) is 61.8 Å². The molecule has 1 aromatic rings. The van der Waals surface area contributed by atoms with Crippen LogP contribution in [0.1, 0.15) is 47.1 Å². The summed E-state index contributed by atoms with van der Waals surface area (Å²) in [4.78, 5) is 12.0. The maximum absolute atomic E-state index is 12.0. The molecule has 130 valence electrons. The molecule has 0 aliphatic heterocycles. The van der Waals surface area contributed by atoms with Gasteiger partial charge in [0.15, 0.2) is 0 Å². The normalized spacial score (nSPS) is 14.7. The molecule has 1 amide bonds. The number of ether oxygens (including phenoxy) is 1. The monoisotopic (exact) mass is 322 g/mol. The Labute approximate surface area is 139 Å². The number of alkyl carbamates (subject to hydrolysis) is 1. The standard InChI is InChI=1S/C18H30N2O3/c1-13(2)16(19-17(21)23-18(4,5)6)14(3)20(22)12-15-10-8-7-9-11-15/h7-11,13-14,16,22H,12H2,1-6H3,(H,19,21)/t14-,16+/m1/s1. The number of benzene rings is 1. The zero-order valence-corrected chi connectivity index (χ0v) is 15.0. The number of hydroxylamine groups is 2. The van der Waals surface area contributed by atoms with Crippen LogP contribution in [0.3, 0.4) is 0 Å². The van der Waals surface area contributed by atoms with Gasteiger partial charge in [0.25, 0.3) is 0 Å². The summed E-state index contributed by atoms with van der Waals surface area (Å²) in [5, 5.41) is 14.5. The van der Waals surface area contributed by atoms with Crippen LogP contribution < -0.4 is 5.32 Å². The molecule has 2 atom stereocenters. The number of carbonyl (C=O) groups excluding carboxylic acids is 1. The van der Waals surface area contributed by atoms with E-state index in [0.29, 0.717) is 6.54 Å². The first-order valence-corrected chi connectivity index (χ1v) is 8.09. The van der Waals surface area contributed by atoms with Gasteiger partial charge < -0.3 is 15.3 Å². The summed E-state index contributed by atoms with van der Waals surface area (Å²) in [6, 6.07) is 9.26. The number of nitrogens with one attached hydrogen (secondary N) is 1. The van der Waals surface area contributed by atoms with Gasteiger partial charge in [-0.3, -0.25) is 0 Å². The van der Waals surface area contributed by atoms with Gasteiger partial charge in [0.2, 0.25) is 0 Å². The van der Waals surface area contributed by atoms with E-state index in [1.807, 2.05) is 71.9 Å². The maximum atomic E-state index is 12.0. The third-order valence-corrected chi connectivity index (χ3v) is 3.58. The third kappa shape index (κ3) is 7.01. The largest absolute Gasteiger partial charge is 0.444 e. The van der Waals surface area contributed by atoms with Crippen molar-refractivity contribution in [1.29, 1.82) is 0 Å². The van der Waals surface area contributed by atoms with Crippen LogP contribution in [0.25, 0.3) is 0 Å². The molecule has 23 heavy (non-hydrogen) atoms. The Bertz CT molecular complexity index is 483. The minimum atomic E-state index is -0.544. The second-order valence-electron chi connectivity index (χ2n) is 7.24. The Hall–Kier alpha value is -1.59. The molecule has 1 aromatic carbocycles. The summed E-state index contributed by atoms with van der Waals surface area (Å²) in [6.45, 7) is 11.8. The number of amides is 1. The van der Waals surface area contributed by atoms with Crippen molar-refractivity contribution in [2.45, 2.75) is 65.8 Å². The molecule has 0 saturated carbocycles. The van der Waals surface area contributed by atoms with Gasteiger partial charge >= 0.3 is 6.09 Å². The van der Waals surface area contributed by atoms with E-state index in [9.17, 15) is 10.0 Å². The quantitative estimate of drug-likeness (QED) is 0.782. The van der Waals surface area contributed by atoms with Gasteiger partial charge in [0.05, 0.1) is 12.1 Å². The van der Waals surface area contributed by atoms with Crippen molar-refractivity contribution in [2.24, 2.45) is 5.92 Å². The van der Waals surface area contributed by atoms with E-state index in [4.69, 9.17) is 4.74 Å². The summed E-state index contributed by atoms with van der Waals surface area (Å²) in [7, 11) is 0. The molecule has 0 aromatic heterocycles. The summed E-state index contributed by atoms with van der Waals surface area (Å²) in [6.07, 6.45) is -0.462. The third-order valence-electron chi connectivity index (χ3n) is 3.58. The summed E-state index contributed by atoms with van der Waals surface area (Å²) >= 11 is 0. The minimum absolute atomic E-state index is 0.156. The first kappa shape index (κ1) is 19.5. The fourth-order valence-corrected chi connectivity index (χ4v) is 2.39. The Kier molecular flexibility index (Phi) is 7.03. The number of nitrogens with zero attached hydrogens (tertiary/aromatic N) is 1. The summed E-state index contributed by atoms with van der Waals surface area (Å²) in [5.74, 6) is 0.156. The number of carbonyl (C=O) groups is 1. The highest BCUT2D eigenvalue weighted by Crippen LogP contribution is 2.15. The predicted octanol–water partition coefficient (Wildman–Crippen LogP) is 3.82. The van der Waals surface area contributed by atoms with Gasteiger partial charge in [-0.05, 0) is 39.2 Å². The van der Waals surface area contributed by atoms with Gasteiger partial charge in [0, 0.05) is 6.54 Å². The number of hydrogen-bond donors (Lipinski definition) is 2. The van der Waals surface area contributed by atoms with Gasteiger partial charge in [-0.15, -0.1) is 0 Å². The summed E-state index contributed by atoms with van der Waals surface area (Å²) < 4.78 is 5.32. The second kappa shape index (κ2) is 8.31. The molecule has 0 fully saturated rings. The van der Waals surface area contributed by atoms with Crippen LogP contribution in [-0.4, -0.2) is 34.0 Å². The molecule has 5 nitrogen and oxygen atoms in total. The van der Waals surface area contributed by atoms with Crippen LogP contribution in [0, 0.1) is 5.92 Å². The molecular weight excluding hydrogens is 292 g/mol. The van der Waals surface area contributed by atoms with Crippen LogP contribution in [0.2, 0.25) is 0 Å². The van der Waals surface area contributed by atoms with Crippen molar-refractivity contribution in [3.05, 3.63) is 35.9 Å². The van der Waals surface area contributed by atoms with E-state index in [2.05, 4.69) is 5.32 Å². The van der Waals surface area contributed by atoms with Gasteiger partial charge in [0.1, 0.15) is 5.60 Å². The molecule has 1 rings (SSSR count). The molecule has 0 radical (unpaired) electrons. The highest BCUT2D eigenvalue weighted by atomic mass is 16.6. The molecule has 0 aliphatic carbocycles. The maximum Gasteiger partial charge on any atom is 0.407 e. The highest BCUT2D eigenvalue weighted by Gasteiger charge is 2.29. The van der Waals surface area contributed by atoms with Crippen molar-refractivity contribution < 1.29 is 14.7 Å². The molecule has 0 unspecified atom stereocenters. The molecule has 0 heterocycles. The predicted molar refractivity (Wildman–Crippen MR) is 91.2 cm³/mol. The lowest BCUT2D eigenvalue weighted by molar-refractivity contribution is -0.141. The average molecular weight is 322 g/mol. The smallest absolute Gasteiger partial charge is 0.407 e. The zero-order chi connectivity index (χ0) is 17.6. The van der Waals surface area contributed by atoms with Crippen molar-refractivity contribution in [2.75, 3.05) is 0 Å². The fraction of sp³-hybridized carbons (Fsp3) is 0.611. The van der Waals surface area contributed by atoms with Crippen LogP contribution in [-0.2, 0) is 11.3 Å². The molecule has 0 saturated heterocycles. The van der Waals surface area contributed by atoms with Crippen molar-refractivity contribution >= 4 is 6.09 Å². The Morgan fingerprint density at radius 3 is 2.26 bits per heavy atom. The average Bonchev–Trinajstić information content (AvgIpc) is 2.43. The van der Waals surface area contributed by atoms with Gasteiger partial charge in [-0.2, -0.15) is 5.06 Å². The lowest BCUT2D eigenvalue weighted by Crippen LogP contribution is -2.52. The minimum Gasteiger partial charge on any atom is -0.444 e. The second-order valence-corrected chi connectivity index (χ2v) is 7.24. The van der Waals surface area contributed by atoms with Crippen molar-refractivity contribution in [1.82, 2.24) is 10.4 Å². The van der Waals surface area contributed by atoms with E-state index >= 15 is 0 Å². The van der Waals surface area contributed by atoms with Crippen LogP contribution in [0.4, 0.5) is 4.79 Å². The fourth-order valence-electron chi connectivity index (χ4n) is 2.39. The Morgan fingerprint density at radius 2 is 1.78 bits per heavy atom. The lowest BCUT2D eigenvalue weighted by atomic mass is 9.97. The SMILES string of the molecule is CC(C)[C@H](NC(=O)OC(C)(C)C)[C@@H](C)N(O)Cc1ccccc1. The molecule has 5 heteroatoms.